The molecule has 0 bridgehead atoms. The fourth-order valence-electron chi connectivity index (χ4n) is 1.36. The minimum atomic E-state index is -0.216. The molecular formula is C7H15ClN2O. The van der Waals surface area contributed by atoms with Crippen molar-refractivity contribution in [2.75, 3.05) is 0 Å². The summed E-state index contributed by atoms with van der Waals surface area (Å²) in [5.41, 5.74) is 10.6. The van der Waals surface area contributed by atoms with E-state index in [0.717, 1.165) is 6.42 Å². The summed E-state index contributed by atoms with van der Waals surface area (Å²) in [7, 11) is 0. The molecule has 3 nitrogen and oxygen atoms in total. The lowest BCUT2D eigenvalue weighted by Gasteiger charge is -2.05. The first-order valence-corrected chi connectivity index (χ1v) is 3.65. The first-order valence-electron chi connectivity index (χ1n) is 3.65. The van der Waals surface area contributed by atoms with Gasteiger partial charge in [-0.2, -0.15) is 0 Å². The highest BCUT2D eigenvalue weighted by molar-refractivity contribution is 5.85. The molecule has 0 aromatic carbocycles. The second-order valence-corrected chi connectivity index (χ2v) is 3.21. The summed E-state index contributed by atoms with van der Waals surface area (Å²) < 4.78 is 0. The Kier molecular flexibility index (Phi) is 3.83. The van der Waals surface area contributed by atoms with Crippen LogP contribution in [-0.2, 0) is 4.79 Å². The summed E-state index contributed by atoms with van der Waals surface area (Å²) in [4.78, 5) is 10.4. The number of nitrogens with two attached hydrogens (primary N) is 2. The Morgan fingerprint density at radius 1 is 1.73 bits per heavy atom. The normalized spacial score (nSPS) is 30.4. The molecule has 4 N–H and O–H groups in total. The van der Waals surface area contributed by atoms with Crippen molar-refractivity contribution in [1.29, 1.82) is 0 Å². The SMILES string of the molecule is C[C@H](CC(N)=O)C1CC1N.Cl. The molecule has 0 aromatic rings. The van der Waals surface area contributed by atoms with Gasteiger partial charge in [-0.15, -0.1) is 12.4 Å². The standard InChI is InChI=1S/C7H14N2O.ClH/c1-4(2-7(9)10)5-3-6(5)8;/h4-6H,2-3,8H2,1H3,(H2,9,10);1H/t4-,5?,6?;/m1./s1. The van der Waals surface area contributed by atoms with Crippen LogP contribution in [0.3, 0.4) is 0 Å². The molecule has 2 unspecified atom stereocenters. The van der Waals surface area contributed by atoms with Crippen LogP contribution in [0, 0.1) is 11.8 Å². The van der Waals surface area contributed by atoms with Crippen LogP contribution in [0.25, 0.3) is 0 Å². The fourth-order valence-corrected chi connectivity index (χ4v) is 1.36. The van der Waals surface area contributed by atoms with Crippen molar-refractivity contribution in [3.05, 3.63) is 0 Å². The smallest absolute Gasteiger partial charge is 0.217 e. The maximum absolute atomic E-state index is 10.4. The van der Waals surface area contributed by atoms with Crippen LogP contribution in [0.1, 0.15) is 19.8 Å². The Hall–Kier alpha value is -0.280. The Bertz CT molecular complexity index is 151. The minimum Gasteiger partial charge on any atom is -0.370 e. The van der Waals surface area contributed by atoms with Crippen molar-refractivity contribution in [2.24, 2.45) is 23.3 Å². The van der Waals surface area contributed by atoms with Crippen LogP contribution >= 0.6 is 12.4 Å². The molecular weight excluding hydrogens is 164 g/mol. The lowest BCUT2D eigenvalue weighted by Crippen LogP contribution is -2.17. The minimum absolute atomic E-state index is 0. The predicted octanol–water partition coefficient (Wildman–Crippen LogP) is 0.267. The van der Waals surface area contributed by atoms with Crippen LogP contribution < -0.4 is 11.5 Å². The number of hydrogen-bond acceptors (Lipinski definition) is 2. The molecule has 11 heavy (non-hydrogen) atoms. The topological polar surface area (TPSA) is 69.1 Å². The third-order valence-corrected chi connectivity index (χ3v) is 2.15. The number of hydrogen-bond donors (Lipinski definition) is 2. The molecule has 1 saturated carbocycles. The van der Waals surface area contributed by atoms with Gasteiger partial charge in [0.2, 0.25) is 5.91 Å². The average molecular weight is 179 g/mol. The van der Waals surface area contributed by atoms with Gasteiger partial charge in [0, 0.05) is 12.5 Å². The zero-order valence-corrected chi connectivity index (χ0v) is 7.43. The van der Waals surface area contributed by atoms with Gasteiger partial charge in [-0.25, -0.2) is 0 Å². The largest absolute Gasteiger partial charge is 0.370 e. The van der Waals surface area contributed by atoms with Gasteiger partial charge in [-0.05, 0) is 18.3 Å². The number of carbonyl (C=O) groups excluding carboxylic acids is 1. The van der Waals surface area contributed by atoms with E-state index in [1.807, 2.05) is 6.92 Å². The summed E-state index contributed by atoms with van der Waals surface area (Å²) in [6.45, 7) is 2.03. The van der Waals surface area contributed by atoms with Crippen LogP contribution in [0.2, 0.25) is 0 Å². The van der Waals surface area contributed by atoms with Gasteiger partial charge in [-0.1, -0.05) is 6.92 Å². The lowest BCUT2D eigenvalue weighted by atomic mass is 10.0. The maximum atomic E-state index is 10.4. The molecule has 4 heteroatoms. The molecule has 0 aromatic heterocycles. The van der Waals surface area contributed by atoms with Crippen LogP contribution in [-0.4, -0.2) is 11.9 Å². The van der Waals surface area contributed by atoms with Crippen LogP contribution in [0.4, 0.5) is 0 Å². The Labute approximate surface area is 72.9 Å². The molecule has 1 aliphatic carbocycles. The molecule has 1 aliphatic rings. The van der Waals surface area contributed by atoms with Gasteiger partial charge >= 0.3 is 0 Å². The second kappa shape index (κ2) is 3.93. The quantitative estimate of drug-likeness (QED) is 0.651. The van der Waals surface area contributed by atoms with Gasteiger partial charge in [0.15, 0.2) is 0 Å². The van der Waals surface area contributed by atoms with Crippen molar-refractivity contribution in [1.82, 2.24) is 0 Å². The molecule has 0 radical (unpaired) electrons. The first kappa shape index (κ1) is 10.7. The van der Waals surface area contributed by atoms with E-state index < -0.39 is 0 Å². The first-order chi connectivity index (χ1) is 4.61. The van der Waals surface area contributed by atoms with Gasteiger partial charge in [0.25, 0.3) is 0 Å². The van der Waals surface area contributed by atoms with Crippen molar-refractivity contribution >= 4 is 18.3 Å². The molecule has 1 amide bonds. The van der Waals surface area contributed by atoms with Crippen molar-refractivity contribution in [3.63, 3.8) is 0 Å². The maximum Gasteiger partial charge on any atom is 0.217 e. The highest BCUT2D eigenvalue weighted by Crippen LogP contribution is 2.36. The van der Waals surface area contributed by atoms with E-state index >= 15 is 0 Å². The lowest BCUT2D eigenvalue weighted by molar-refractivity contribution is -0.118. The Balaban J connectivity index is 0.000001000. The van der Waals surface area contributed by atoms with E-state index in [0.29, 0.717) is 24.3 Å². The van der Waals surface area contributed by atoms with Crippen molar-refractivity contribution in [3.8, 4) is 0 Å². The van der Waals surface area contributed by atoms with E-state index in [1.54, 1.807) is 0 Å². The highest BCUT2D eigenvalue weighted by Gasteiger charge is 2.38. The average Bonchev–Trinajstić information content (AvgIpc) is 2.44. The second-order valence-electron chi connectivity index (χ2n) is 3.21. The number of amides is 1. The molecule has 66 valence electrons. The molecule has 3 atom stereocenters. The van der Waals surface area contributed by atoms with Crippen molar-refractivity contribution in [2.45, 2.75) is 25.8 Å². The Morgan fingerprint density at radius 2 is 2.18 bits per heavy atom. The molecule has 0 aliphatic heterocycles. The van der Waals surface area contributed by atoms with E-state index in [2.05, 4.69) is 0 Å². The van der Waals surface area contributed by atoms with Crippen LogP contribution in [0.15, 0.2) is 0 Å². The Morgan fingerprint density at radius 3 is 2.45 bits per heavy atom. The summed E-state index contributed by atoms with van der Waals surface area (Å²) in [6, 6.07) is 0.328. The zero-order valence-electron chi connectivity index (χ0n) is 6.62. The summed E-state index contributed by atoms with van der Waals surface area (Å²) in [5.74, 6) is 0.714. The third-order valence-electron chi connectivity index (χ3n) is 2.15. The molecule has 0 saturated heterocycles. The van der Waals surface area contributed by atoms with Gasteiger partial charge < -0.3 is 11.5 Å². The van der Waals surface area contributed by atoms with E-state index in [9.17, 15) is 4.79 Å². The van der Waals surface area contributed by atoms with Crippen molar-refractivity contribution < 1.29 is 4.79 Å². The molecule has 0 heterocycles. The fraction of sp³-hybridized carbons (Fsp3) is 0.857. The number of carbonyl (C=O) groups is 1. The highest BCUT2D eigenvalue weighted by atomic mass is 35.5. The van der Waals surface area contributed by atoms with Gasteiger partial charge in [0.05, 0.1) is 0 Å². The molecule has 1 rings (SSSR count). The number of primary amides is 1. The van der Waals surface area contributed by atoms with E-state index in [1.165, 1.54) is 0 Å². The summed E-state index contributed by atoms with van der Waals surface area (Å²) in [5, 5.41) is 0. The number of halogens is 1. The van der Waals surface area contributed by atoms with E-state index in [4.69, 9.17) is 11.5 Å². The van der Waals surface area contributed by atoms with Crippen LogP contribution in [0.5, 0.6) is 0 Å². The monoisotopic (exact) mass is 178 g/mol. The predicted molar refractivity (Wildman–Crippen MR) is 46.3 cm³/mol. The molecule has 0 spiro atoms. The summed E-state index contributed by atoms with van der Waals surface area (Å²) >= 11 is 0. The third kappa shape index (κ3) is 3.08. The van der Waals surface area contributed by atoms with Gasteiger partial charge in [-0.3, -0.25) is 4.79 Å². The summed E-state index contributed by atoms with van der Waals surface area (Å²) in [6.07, 6.45) is 1.55. The van der Waals surface area contributed by atoms with Gasteiger partial charge in [0.1, 0.15) is 0 Å². The number of rotatable bonds is 3. The van der Waals surface area contributed by atoms with E-state index in [-0.39, 0.29) is 18.3 Å². The zero-order chi connectivity index (χ0) is 7.72. The molecule has 1 fully saturated rings.